The van der Waals surface area contributed by atoms with Gasteiger partial charge >= 0.3 is 5.69 Å². The van der Waals surface area contributed by atoms with Crippen molar-refractivity contribution in [1.29, 1.82) is 0 Å². The molecule has 0 aliphatic rings. The van der Waals surface area contributed by atoms with E-state index in [9.17, 15) is 14.4 Å². The molecule has 0 bridgehead atoms. The number of hydrogen-bond acceptors (Lipinski definition) is 4. The van der Waals surface area contributed by atoms with E-state index in [1.165, 1.54) is 15.2 Å². The second kappa shape index (κ2) is 7.68. The van der Waals surface area contributed by atoms with Crippen LogP contribution in [0.4, 0.5) is 11.4 Å². The van der Waals surface area contributed by atoms with Crippen molar-refractivity contribution >= 4 is 34.0 Å². The first kappa shape index (κ1) is 19.7. The largest absolute Gasteiger partial charge is 0.355 e. The van der Waals surface area contributed by atoms with E-state index in [1.54, 1.807) is 62.5 Å². The molecule has 2 heterocycles. The molecular weight excluding hydrogens is 404 g/mol. The normalized spacial score (nSPS) is 11.0. The monoisotopic (exact) mass is 422 g/mol. The molecule has 0 spiro atoms. The molecule has 30 heavy (non-hydrogen) atoms. The lowest BCUT2D eigenvalue weighted by Crippen LogP contribution is -2.41. The van der Waals surface area contributed by atoms with E-state index >= 15 is 0 Å². The summed E-state index contributed by atoms with van der Waals surface area (Å²) in [6.45, 7) is 1.93. The van der Waals surface area contributed by atoms with Crippen LogP contribution in [0, 0.1) is 0 Å². The highest BCUT2D eigenvalue weighted by Crippen LogP contribution is 2.24. The molecular formula is C22H19ClN4O3. The highest BCUT2D eigenvalue weighted by atomic mass is 35.5. The summed E-state index contributed by atoms with van der Waals surface area (Å²) >= 11 is 5.95. The second-order valence-electron chi connectivity index (χ2n) is 6.79. The van der Waals surface area contributed by atoms with Gasteiger partial charge in [0.2, 0.25) is 0 Å². The number of nitrogens with zero attached hydrogens (tertiary/aromatic N) is 3. The van der Waals surface area contributed by atoms with Gasteiger partial charge in [-0.1, -0.05) is 29.8 Å². The van der Waals surface area contributed by atoms with Crippen molar-refractivity contribution in [2.24, 2.45) is 7.05 Å². The smallest absolute Gasteiger partial charge is 0.337 e. The number of fused-ring (bicyclic) bond motifs is 1. The zero-order valence-electron chi connectivity index (χ0n) is 16.4. The van der Waals surface area contributed by atoms with Crippen LogP contribution in [0.5, 0.6) is 0 Å². The van der Waals surface area contributed by atoms with Gasteiger partial charge in [-0.15, -0.1) is 0 Å². The first-order valence-corrected chi connectivity index (χ1v) is 9.77. The number of para-hydroxylation sites is 1. The highest BCUT2D eigenvalue weighted by molar-refractivity contribution is 6.30. The summed E-state index contributed by atoms with van der Waals surface area (Å²) in [7, 11) is 1.55. The number of nitrogens with one attached hydrogen (secondary N) is 1. The maximum atomic E-state index is 13.3. The lowest BCUT2D eigenvalue weighted by molar-refractivity contribution is 0.653. The Morgan fingerprint density at radius 3 is 2.27 bits per heavy atom. The third-order valence-electron chi connectivity index (χ3n) is 4.96. The summed E-state index contributed by atoms with van der Waals surface area (Å²) in [5, 5.41) is 3.95. The molecule has 4 aromatic rings. The van der Waals surface area contributed by atoms with Crippen LogP contribution in [0.15, 0.2) is 75.0 Å². The molecule has 0 radical (unpaired) electrons. The predicted octanol–water partition coefficient (Wildman–Crippen LogP) is 3.27. The second-order valence-corrected chi connectivity index (χ2v) is 7.23. The fraction of sp³-hybridized carbons (Fsp3) is 0.136. The molecule has 0 fully saturated rings. The number of pyridine rings is 1. The Kier molecular flexibility index (Phi) is 5.05. The van der Waals surface area contributed by atoms with Crippen molar-refractivity contribution in [1.82, 2.24) is 13.7 Å². The Bertz CT molecular complexity index is 1420. The zero-order chi connectivity index (χ0) is 21.4. The van der Waals surface area contributed by atoms with Gasteiger partial charge in [0.05, 0.1) is 11.4 Å². The Labute approximate surface area is 176 Å². The predicted molar refractivity (Wildman–Crippen MR) is 119 cm³/mol. The molecule has 1 N–H and O–H groups in total. The van der Waals surface area contributed by atoms with Crippen molar-refractivity contribution < 1.29 is 0 Å². The van der Waals surface area contributed by atoms with Gasteiger partial charge < -0.3 is 5.32 Å². The maximum absolute atomic E-state index is 13.3. The fourth-order valence-corrected chi connectivity index (χ4v) is 3.59. The molecule has 8 heteroatoms. The van der Waals surface area contributed by atoms with Crippen molar-refractivity contribution in [3.63, 3.8) is 0 Å². The number of anilines is 2. The van der Waals surface area contributed by atoms with Crippen LogP contribution in [0.25, 0.3) is 16.7 Å². The van der Waals surface area contributed by atoms with Crippen molar-refractivity contribution in [2.45, 2.75) is 13.5 Å². The highest BCUT2D eigenvalue weighted by Gasteiger charge is 2.20. The minimum atomic E-state index is -0.500. The van der Waals surface area contributed by atoms with Crippen LogP contribution in [0.1, 0.15) is 6.92 Å². The molecule has 0 unspecified atom stereocenters. The van der Waals surface area contributed by atoms with E-state index in [1.807, 2.05) is 6.07 Å². The van der Waals surface area contributed by atoms with Crippen LogP contribution in [-0.2, 0) is 13.6 Å². The van der Waals surface area contributed by atoms with E-state index in [-0.39, 0.29) is 23.1 Å². The molecule has 0 aliphatic carbocycles. The van der Waals surface area contributed by atoms with Gasteiger partial charge in [0, 0.05) is 30.4 Å². The van der Waals surface area contributed by atoms with Gasteiger partial charge in [-0.25, -0.2) is 9.36 Å². The number of halogens is 1. The van der Waals surface area contributed by atoms with E-state index < -0.39 is 11.2 Å². The number of benzene rings is 2. The zero-order valence-corrected chi connectivity index (χ0v) is 17.2. The van der Waals surface area contributed by atoms with Gasteiger partial charge in [0.1, 0.15) is 11.0 Å². The summed E-state index contributed by atoms with van der Waals surface area (Å²) < 4.78 is 3.87. The quantitative estimate of drug-likeness (QED) is 0.547. The summed E-state index contributed by atoms with van der Waals surface area (Å²) in [6, 6.07) is 17.2. The first-order chi connectivity index (χ1) is 14.4. The number of aryl methyl sites for hydroxylation is 1. The van der Waals surface area contributed by atoms with Crippen molar-refractivity contribution in [2.75, 3.05) is 5.32 Å². The van der Waals surface area contributed by atoms with Crippen LogP contribution in [0.2, 0.25) is 5.02 Å². The molecule has 0 saturated carbocycles. The minimum Gasteiger partial charge on any atom is -0.355 e. The number of hydrogen-bond donors (Lipinski definition) is 1. The summed E-state index contributed by atoms with van der Waals surface area (Å²) in [5.74, 6) is 0. The SMILES string of the molecule is CCn1c(=O)c2c(Nc3ccc(Cl)cc3)cc(=O)n(C)c2n(-c2ccccc2)c1=O. The minimum absolute atomic E-state index is 0.198. The maximum Gasteiger partial charge on any atom is 0.337 e. The summed E-state index contributed by atoms with van der Waals surface area (Å²) in [4.78, 5) is 39.2. The summed E-state index contributed by atoms with van der Waals surface area (Å²) in [6.07, 6.45) is 0. The third-order valence-corrected chi connectivity index (χ3v) is 5.21. The van der Waals surface area contributed by atoms with Crippen LogP contribution in [0.3, 0.4) is 0 Å². The van der Waals surface area contributed by atoms with Gasteiger partial charge in [-0.05, 0) is 43.3 Å². The van der Waals surface area contributed by atoms with Gasteiger partial charge in [-0.3, -0.25) is 18.7 Å². The molecule has 7 nitrogen and oxygen atoms in total. The van der Waals surface area contributed by atoms with Crippen LogP contribution >= 0.6 is 11.6 Å². The van der Waals surface area contributed by atoms with Gasteiger partial charge in [0.25, 0.3) is 11.1 Å². The topological polar surface area (TPSA) is 78.0 Å². The van der Waals surface area contributed by atoms with Crippen molar-refractivity contribution in [3.05, 3.63) is 96.9 Å². The molecule has 0 saturated heterocycles. The molecule has 2 aromatic heterocycles. The van der Waals surface area contributed by atoms with E-state index in [4.69, 9.17) is 11.6 Å². The Morgan fingerprint density at radius 1 is 0.967 bits per heavy atom. The van der Waals surface area contributed by atoms with Crippen molar-refractivity contribution in [3.8, 4) is 5.69 Å². The third kappa shape index (κ3) is 3.23. The molecule has 0 amide bonds. The number of rotatable bonds is 4. The average Bonchev–Trinajstić information content (AvgIpc) is 2.74. The van der Waals surface area contributed by atoms with Crippen LogP contribution in [-0.4, -0.2) is 13.7 Å². The fourth-order valence-electron chi connectivity index (χ4n) is 3.47. The molecule has 2 aromatic carbocycles. The van der Waals surface area contributed by atoms with E-state index in [2.05, 4.69) is 5.32 Å². The molecule has 152 valence electrons. The van der Waals surface area contributed by atoms with E-state index in [0.717, 1.165) is 4.57 Å². The Hall–Kier alpha value is -3.58. The summed E-state index contributed by atoms with van der Waals surface area (Å²) in [5.41, 5.74) is 0.465. The van der Waals surface area contributed by atoms with Gasteiger partial charge in [0.15, 0.2) is 0 Å². The standard InChI is InChI=1S/C22H19ClN4O3/c1-3-26-21(29)19-17(24-15-11-9-14(23)10-12-15)13-18(28)25(2)20(19)27(22(26)30)16-7-5-4-6-8-16/h4-13,24H,3H2,1-2H3. The van der Waals surface area contributed by atoms with E-state index in [0.29, 0.717) is 22.1 Å². The Morgan fingerprint density at radius 2 is 1.63 bits per heavy atom. The van der Waals surface area contributed by atoms with Crippen LogP contribution < -0.4 is 22.1 Å². The first-order valence-electron chi connectivity index (χ1n) is 9.40. The molecule has 0 atom stereocenters. The number of aromatic nitrogens is 3. The van der Waals surface area contributed by atoms with Gasteiger partial charge in [-0.2, -0.15) is 0 Å². The lowest BCUT2D eigenvalue weighted by atomic mass is 10.2. The Balaban J connectivity index is 2.14. The average molecular weight is 423 g/mol. The molecule has 0 aliphatic heterocycles. The lowest BCUT2D eigenvalue weighted by Gasteiger charge is -2.18. The molecule has 4 rings (SSSR count).